The van der Waals surface area contributed by atoms with Crippen molar-refractivity contribution >= 4 is 23.9 Å². The summed E-state index contributed by atoms with van der Waals surface area (Å²) in [5, 5.41) is 19.0. The molecule has 0 spiro atoms. The zero-order chi connectivity index (χ0) is 17.6. The molecule has 1 heterocycles. The van der Waals surface area contributed by atoms with Gasteiger partial charge in [-0.1, -0.05) is 23.8 Å². The quantitative estimate of drug-likeness (QED) is 0.635. The first kappa shape index (κ1) is 16.2. The Morgan fingerprint density at radius 1 is 1.08 bits per heavy atom. The number of carbonyl (C=O) groups is 4. The molecule has 0 radical (unpaired) electrons. The minimum Gasteiger partial charge on any atom is -0.481 e. The molecule has 3 rings (SSSR count). The second kappa shape index (κ2) is 5.74. The van der Waals surface area contributed by atoms with Crippen LogP contribution < -0.4 is 0 Å². The largest absolute Gasteiger partial charge is 0.481 e. The van der Waals surface area contributed by atoms with Crippen molar-refractivity contribution in [3.8, 4) is 0 Å². The molecule has 4 unspecified atom stereocenters. The van der Waals surface area contributed by atoms with Crippen LogP contribution in [0.5, 0.6) is 0 Å². The van der Waals surface area contributed by atoms with Crippen LogP contribution in [0.1, 0.15) is 41.4 Å². The number of hydrogen-bond acceptors (Lipinski definition) is 5. The summed E-state index contributed by atoms with van der Waals surface area (Å²) in [6, 6.07) is 5.09. The van der Waals surface area contributed by atoms with Crippen molar-refractivity contribution in [1.29, 1.82) is 0 Å². The van der Waals surface area contributed by atoms with Crippen LogP contribution in [0.25, 0.3) is 0 Å². The van der Waals surface area contributed by atoms with Crippen LogP contribution in [0.3, 0.4) is 0 Å². The van der Waals surface area contributed by atoms with Gasteiger partial charge in [-0.15, -0.1) is 0 Å². The number of aryl methyl sites for hydroxylation is 1. The molecule has 7 heteroatoms. The molecule has 1 fully saturated rings. The second-order valence-corrected chi connectivity index (χ2v) is 6.34. The first-order valence-electron chi connectivity index (χ1n) is 7.60. The summed E-state index contributed by atoms with van der Waals surface area (Å²) in [5.74, 6) is -7.40. The van der Waals surface area contributed by atoms with E-state index >= 15 is 0 Å². The lowest BCUT2D eigenvalue weighted by atomic mass is 9.66. The predicted molar refractivity (Wildman–Crippen MR) is 79.2 cm³/mol. The number of hydrogen-bond donors (Lipinski definition) is 2. The molecule has 1 aromatic rings. The molecule has 7 nitrogen and oxygen atoms in total. The number of aliphatic carboxylic acids is 2. The highest BCUT2D eigenvalue weighted by molar-refractivity contribution is 5.95. The predicted octanol–water partition coefficient (Wildman–Crippen LogP) is 1.44. The summed E-state index contributed by atoms with van der Waals surface area (Å²) >= 11 is 0. The lowest BCUT2D eigenvalue weighted by Gasteiger charge is -2.35. The molecule has 0 amide bonds. The number of ether oxygens (including phenoxy) is 1. The van der Waals surface area contributed by atoms with E-state index in [2.05, 4.69) is 4.74 Å². The van der Waals surface area contributed by atoms with E-state index in [1.54, 1.807) is 18.2 Å². The van der Waals surface area contributed by atoms with Crippen molar-refractivity contribution in [1.82, 2.24) is 0 Å². The average molecular weight is 332 g/mol. The van der Waals surface area contributed by atoms with E-state index in [1.165, 1.54) is 0 Å². The molecular weight excluding hydrogens is 316 g/mol. The van der Waals surface area contributed by atoms with Crippen molar-refractivity contribution in [2.24, 2.45) is 11.8 Å². The maximum absolute atomic E-state index is 12.0. The summed E-state index contributed by atoms with van der Waals surface area (Å²) in [4.78, 5) is 46.6. The van der Waals surface area contributed by atoms with Gasteiger partial charge in [0, 0.05) is 0 Å². The Bertz CT molecular complexity index is 751. The van der Waals surface area contributed by atoms with Crippen LogP contribution in [0.2, 0.25) is 0 Å². The molecule has 1 aliphatic heterocycles. The lowest BCUT2D eigenvalue weighted by Crippen LogP contribution is -2.37. The normalized spacial score (nSPS) is 29.0. The Kier molecular flexibility index (Phi) is 3.87. The van der Waals surface area contributed by atoms with Crippen LogP contribution in [-0.4, -0.2) is 34.1 Å². The molecule has 24 heavy (non-hydrogen) atoms. The van der Waals surface area contributed by atoms with E-state index in [9.17, 15) is 29.4 Å². The average Bonchev–Trinajstić information content (AvgIpc) is 2.83. The van der Waals surface area contributed by atoms with E-state index in [0.29, 0.717) is 11.1 Å². The van der Waals surface area contributed by atoms with Crippen LogP contribution in [0.4, 0.5) is 0 Å². The fraction of sp³-hybridized carbons (Fsp3) is 0.412. The number of cyclic esters (lactones) is 2. The van der Waals surface area contributed by atoms with Gasteiger partial charge in [-0.25, -0.2) is 0 Å². The Hall–Kier alpha value is -2.70. The van der Waals surface area contributed by atoms with Crippen molar-refractivity contribution < 1.29 is 34.1 Å². The second-order valence-electron chi connectivity index (χ2n) is 6.34. The molecule has 1 aliphatic carbocycles. The third-order valence-corrected chi connectivity index (χ3v) is 4.86. The van der Waals surface area contributed by atoms with Gasteiger partial charge in [-0.2, -0.15) is 0 Å². The molecule has 1 aromatic carbocycles. The molecule has 0 saturated carbocycles. The van der Waals surface area contributed by atoms with E-state index in [0.717, 1.165) is 5.56 Å². The molecule has 4 atom stereocenters. The van der Waals surface area contributed by atoms with Gasteiger partial charge in [0.25, 0.3) is 0 Å². The zero-order valence-corrected chi connectivity index (χ0v) is 12.9. The number of fused-ring (bicyclic) bond motifs is 1. The fourth-order valence-electron chi connectivity index (χ4n) is 3.78. The van der Waals surface area contributed by atoms with Gasteiger partial charge in [0.2, 0.25) is 0 Å². The van der Waals surface area contributed by atoms with Gasteiger partial charge >= 0.3 is 23.9 Å². The smallest absolute Gasteiger partial charge is 0.317 e. The number of rotatable bonds is 3. The van der Waals surface area contributed by atoms with Crippen LogP contribution in [0, 0.1) is 18.8 Å². The van der Waals surface area contributed by atoms with E-state index in [4.69, 9.17) is 0 Å². The van der Waals surface area contributed by atoms with Crippen molar-refractivity contribution in [2.75, 3.05) is 0 Å². The van der Waals surface area contributed by atoms with Gasteiger partial charge in [0.05, 0.1) is 24.2 Å². The standard InChI is InChI=1S/C17H16O7/c1-7-2-3-8-9(4-7)10(11-6-13(18)24-17(11)23)5-12(15(19)20)14(8)16(21)22/h2-4,10-12,14H,5-6H2,1H3,(H,19,20)(H,21,22). The maximum atomic E-state index is 12.0. The summed E-state index contributed by atoms with van der Waals surface area (Å²) in [6.07, 6.45) is -0.128. The van der Waals surface area contributed by atoms with E-state index in [-0.39, 0.29) is 12.8 Å². The Morgan fingerprint density at radius 3 is 2.33 bits per heavy atom. The van der Waals surface area contributed by atoms with Crippen molar-refractivity contribution in [2.45, 2.75) is 31.6 Å². The van der Waals surface area contributed by atoms with E-state index in [1.807, 2.05) is 6.92 Å². The zero-order valence-electron chi connectivity index (χ0n) is 12.9. The summed E-state index contributed by atoms with van der Waals surface area (Å²) in [7, 11) is 0. The number of carboxylic acid groups (broad SMARTS) is 2. The van der Waals surface area contributed by atoms with Gasteiger partial charge in [-0.3, -0.25) is 19.2 Å². The van der Waals surface area contributed by atoms with Crippen LogP contribution in [-0.2, 0) is 23.9 Å². The maximum Gasteiger partial charge on any atom is 0.317 e. The summed E-state index contributed by atoms with van der Waals surface area (Å²) in [5.41, 5.74) is 1.88. The first-order chi connectivity index (χ1) is 11.3. The third kappa shape index (κ3) is 2.55. The molecule has 126 valence electrons. The lowest BCUT2D eigenvalue weighted by molar-refractivity contribution is -0.154. The number of esters is 2. The van der Waals surface area contributed by atoms with Crippen molar-refractivity contribution in [3.05, 3.63) is 34.9 Å². The van der Waals surface area contributed by atoms with Gasteiger partial charge in [0.1, 0.15) is 0 Å². The molecule has 2 N–H and O–H groups in total. The topological polar surface area (TPSA) is 118 Å². The molecule has 0 aromatic heterocycles. The fourth-order valence-corrected chi connectivity index (χ4v) is 3.78. The third-order valence-electron chi connectivity index (χ3n) is 4.86. The first-order valence-corrected chi connectivity index (χ1v) is 7.60. The minimum atomic E-state index is -1.23. The summed E-state index contributed by atoms with van der Waals surface area (Å²) in [6.45, 7) is 1.83. The van der Waals surface area contributed by atoms with Gasteiger partial charge in [0.15, 0.2) is 0 Å². The highest BCUT2D eigenvalue weighted by Crippen LogP contribution is 2.48. The number of benzene rings is 1. The SMILES string of the molecule is Cc1ccc2c(c1)C(C1CC(=O)OC1=O)CC(C(=O)O)C2C(=O)O. The van der Waals surface area contributed by atoms with Gasteiger partial charge < -0.3 is 14.9 Å². The Morgan fingerprint density at radius 2 is 1.79 bits per heavy atom. The highest BCUT2D eigenvalue weighted by Gasteiger charge is 2.49. The monoisotopic (exact) mass is 332 g/mol. The van der Waals surface area contributed by atoms with Crippen LogP contribution >= 0.6 is 0 Å². The molecule has 2 aliphatic rings. The van der Waals surface area contributed by atoms with Crippen molar-refractivity contribution in [3.63, 3.8) is 0 Å². The summed E-state index contributed by atoms with van der Waals surface area (Å²) < 4.78 is 4.60. The molecule has 0 bridgehead atoms. The van der Waals surface area contributed by atoms with Gasteiger partial charge in [-0.05, 0) is 30.4 Å². The Balaban J connectivity index is 2.13. The van der Waals surface area contributed by atoms with E-state index < -0.39 is 47.5 Å². The van der Waals surface area contributed by atoms with Crippen LogP contribution in [0.15, 0.2) is 18.2 Å². The number of carbonyl (C=O) groups excluding carboxylic acids is 2. The number of carboxylic acids is 2. The minimum absolute atomic E-state index is 0.0181. The molecule has 1 saturated heterocycles. The highest BCUT2D eigenvalue weighted by atomic mass is 16.6. The Labute approximate surface area is 137 Å². The molecular formula is C17H16O7.